The summed E-state index contributed by atoms with van der Waals surface area (Å²) in [5.74, 6) is 0. The molecule has 17 heavy (non-hydrogen) atoms. The summed E-state index contributed by atoms with van der Waals surface area (Å²) < 4.78 is 0. The van der Waals surface area contributed by atoms with E-state index in [0.29, 0.717) is 0 Å². The monoisotopic (exact) mass is 252 g/mol. The predicted molar refractivity (Wildman–Crippen MR) is 74.8 cm³/mol. The SMILES string of the molecule is Clc1ccc(NCCN2CCCCCC2)cc1. The van der Waals surface area contributed by atoms with Gasteiger partial charge in [0.05, 0.1) is 0 Å². The zero-order valence-electron chi connectivity index (χ0n) is 10.3. The number of anilines is 1. The van der Waals surface area contributed by atoms with Crippen molar-refractivity contribution in [2.75, 3.05) is 31.5 Å². The first-order chi connectivity index (χ1) is 8.34. The Labute approximate surface area is 109 Å². The van der Waals surface area contributed by atoms with E-state index >= 15 is 0 Å². The van der Waals surface area contributed by atoms with Crippen LogP contribution < -0.4 is 5.32 Å². The number of benzene rings is 1. The van der Waals surface area contributed by atoms with E-state index in [1.165, 1.54) is 38.8 Å². The van der Waals surface area contributed by atoms with E-state index in [-0.39, 0.29) is 0 Å². The Kier molecular flexibility index (Phi) is 5.14. The van der Waals surface area contributed by atoms with Crippen molar-refractivity contribution >= 4 is 17.3 Å². The van der Waals surface area contributed by atoms with Gasteiger partial charge in [-0.2, -0.15) is 0 Å². The van der Waals surface area contributed by atoms with Gasteiger partial charge in [0.1, 0.15) is 0 Å². The van der Waals surface area contributed by atoms with Crippen molar-refractivity contribution in [3.05, 3.63) is 29.3 Å². The zero-order chi connectivity index (χ0) is 11.9. The number of hydrogen-bond acceptors (Lipinski definition) is 2. The number of nitrogens with zero attached hydrogens (tertiary/aromatic N) is 1. The van der Waals surface area contributed by atoms with Crippen molar-refractivity contribution in [1.82, 2.24) is 4.90 Å². The Morgan fingerprint density at radius 3 is 2.29 bits per heavy atom. The number of halogens is 1. The fourth-order valence-corrected chi connectivity index (χ4v) is 2.41. The summed E-state index contributed by atoms with van der Waals surface area (Å²) in [6, 6.07) is 7.92. The average Bonchev–Trinajstić information content (AvgIpc) is 2.60. The largest absolute Gasteiger partial charge is 0.384 e. The first-order valence-corrected chi connectivity index (χ1v) is 6.94. The first kappa shape index (κ1) is 12.7. The lowest BCUT2D eigenvalue weighted by Crippen LogP contribution is -2.29. The molecule has 0 amide bonds. The fourth-order valence-electron chi connectivity index (χ4n) is 2.29. The molecular weight excluding hydrogens is 232 g/mol. The second-order valence-electron chi connectivity index (χ2n) is 4.69. The lowest BCUT2D eigenvalue weighted by molar-refractivity contribution is 0.296. The molecule has 1 aromatic carbocycles. The topological polar surface area (TPSA) is 15.3 Å². The first-order valence-electron chi connectivity index (χ1n) is 6.56. The molecular formula is C14H21ClN2. The van der Waals surface area contributed by atoms with Crippen molar-refractivity contribution in [2.45, 2.75) is 25.7 Å². The van der Waals surface area contributed by atoms with Crippen molar-refractivity contribution in [2.24, 2.45) is 0 Å². The molecule has 1 heterocycles. The normalized spacial score (nSPS) is 17.7. The standard InChI is InChI=1S/C14H21ClN2/c15-13-5-7-14(8-6-13)16-9-12-17-10-3-1-2-4-11-17/h5-8,16H,1-4,9-12H2. The van der Waals surface area contributed by atoms with Crippen LogP contribution in [-0.4, -0.2) is 31.1 Å². The lowest BCUT2D eigenvalue weighted by Gasteiger charge is -2.20. The molecule has 2 nitrogen and oxygen atoms in total. The summed E-state index contributed by atoms with van der Waals surface area (Å²) in [4.78, 5) is 2.57. The van der Waals surface area contributed by atoms with Crippen molar-refractivity contribution in [3.63, 3.8) is 0 Å². The lowest BCUT2D eigenvalue weighted by atomic mass is 10.2. The summed E-state index contributed by atoms with van der Waals surface area (Å²) in [6.45, 7) is 4.69. The maximum Gasteiger partial charge on any atom is 0.0407 e. The molecule has 1 aliphatic rings. The molecule has 0 aromatic heterocycles. The molecule has 2 rings (SSSR count). The van der Waals surface area contributed by atoms with Gasteiger partial charge in [-0.3, -0.25) is 0 Å². The van der Waals surface area contributed by atoms with Crippen LogP contribution in [0.3, 0.4) is 0 Å². The third-order valence-electron chi connectivity index (χ3n) is 3.30. The minimum atomic E-state index is 0.795. The molecule has 0 radical (unpaired) electrons. The van der Waals surface area contributed by atoms with Crippen molar-refractivity contribution < 1.29 is 0 Å². The van der Waals surface area contributed by atoms with Gasteiger partial charge >= 0.3 is 0 Å². The second-order valence-corrected chi connectivity index (χ2v) is 5.13. The van der Waals surface area contributed by atoms with Crippen LogP contribution in [0.25, 0.3) is 0 Å². The zero-order valence-corrected chi connectivity index (χ0v) is 11.0. The highest BCUT2D eigenvalue weighted by atomic mass is 35.5. The van der Waals surface area contributed by atoms with Gasteiger partial charge in [-0.1, -0.05) is 24.4 Å². The van der Waals surface area contributed by atoms with Crippen LogP contribution in [0, 0.1) is 0 Å². The number of hydrogen-bond donors (Lipinski definition) is 1. The van der Waals surface area contributed by atoms with Crippen LogP contribution >= 0.6 is 11.6 Å². The quantitative estimate of drug-likeness (QED) is 0.881. The molecule has 94 valence electrons. The van der Waals surface area contributed by atoms with E-state index in [1.807, 2.05) is 24.3 Å². The van der Waals surface area contributed by atoms with E-state index in [4.69, 9.17) is 11.6 Å². The Morgan fingerprint density at radius 2 is 1.65 bits per heavy atom. The van der Waals surface area contributed by atoms with Gasteiger partial charge in [-0.05, 0) is 50.2 Å². The van der Waals surface area contributed by atoms with Gasteiger partial charge in [0.2, 0.25) is 0 Å². The van der Waals surface area contributed by atoms with E-state index in [0.717, 1.165) is 23.8 Å². The Morgan fingerprint density at radius 1 is 1.00 bits per heavy atom. The molecule has 1 aromatic rings. The molecule has 1 saturated heterocycles. The van der Waals surface area contributed by atoms with Crippen LogP contribution in [0.4, 0.5) is 5.69 Å². The minimum Gasteiger partial charge on any atom is -0.384 e. The van der Waals surface area contributed by atoms with Gasteiger partial charge in [0.25, 0.3) is 0 Å². The van der Waals surface area contributed by atoms with Crippen LogP contribution in [0.5, 0.6) is 0 Å². The molecule has 0 saturated carbocycles. The number of likely N-dealkylation sites (tertiary alicyclic amines) is 1. The Hall–Kier alpha value is -0.730. The summed E-state index contributed by atoms with van der Waals surface area (Å²) in [7, 11) is 0. The molecule has 3 heteroatoms. The Bertz CT molecular complexity index is 315. The molecule has 0 bridgehead atoms. The summed E-state index contributed by atoms with van der Waals surface area (Å²) in [5, 5.41) is 4.23. The highest BCUT2D eigenvalue weighted by Gasteiger charge is 2.07. The van der Waals surface area contributed by atoms with E-state index in [9.17, 15) is 0 Å². The molecule has 1 aliphatic heterocycles. The van der Waals surface area contributed by atoms with E-state index < -0.39 is 0 Å². The second kappa shape index (κ2) is 6.87. The van der Waals surface area contributed by atoms with Crippen LogP contribution in [0.15, 0.2) is 24.3 Å². The maximum absolute atomic E-state index is 5.85. The third kappa shape index (κ3) is 4.57. The number of rotatable bonds is 4. The van der Waals surface area contributed by atoms with Gasteiger partial charge in [-0.25, -0.2) is 0 Å². The predicted octanol–water partition coefficient (Wildman–Crippen LogP) is 3.63. The molecule has 0 atom stereocenters. The summed E-state index contributed by atoms with van der Waals surface area (Å²) in [5.41, 5.74) is 1.16. The molecule has 1 fully saturated rings. The molecule has 1 N–H and O–H groups in total. The van der Waals surface area contributed by atoms with Crippen molar-refractivity contribution in [1.29, 1.82) is 0 Å². The van der Waals surface area contributed by atoms with Gasteiger partial charge in [-0.15, -0.1) is 0 Å². The fraction of sp³-hybridized carbons (Fsp3) is 0.571. The molecule has 0 aliphatic carbocycles. The molecule has 0 spiro atoms. The highest BCUT2D eigenvalue weighted by Crippen LogP contribution is 2.13. The number of nitrogens with one attached hydrogen (secondary N) is 1. The highest BCUT2D eigenvalue weighted by molar-refractivity contribution is 6.30. The molecule has 0 unspecified atom stereocenters. The summed E-state index contributed by atoms with van der Waals surface area (Å²) in [6.07, 6.45) is 5.53. The van der Waals surface area contributed by atoms with E-state index in [1.54, 1.807) is 0 Å². The summed E-state index contributed by atoms with van der Waals surface area (Å²) >= 11 is 5.85. The smallest absolute Gasteiger partial charge is 0.0407 e. The minimum absolute atomic E-state index is 0.795. The van der Waals surface area contributed by atoms with Gasteiger partial charge in [0.15, 0.2) is 0 Å². The van der Waals surface area contributed by atoms with Crippen molar-refractivity contribution in [3.8, 4) is 0 Å². The third-order valence-corrected chi connectivity index (χ3v) is 3.55. The van der Waals surface area contributed by atoms with Gasteiger partial charge < -0.3 is 10.2 Å². The van der Waals surface area contributed by atoms with E-state index in [2.05, 4.69) is 10.2 Å². The van der Waals surface area contributed by atoms with Gasteiger partial charge in [0, 0.05) is 23.8 Å². The van der Waals surface area contributed by atoms with Crippen LogP contribution in [0.2, 0.25) is 5.02 Å². The Balaban J connectivity index is 1.69. The van der Waals surface area contributed by atoms with Crippen LogP contribution in [-0.2, 0) is 0 Å². The maximum atomic E-state index is 5.85. The van der Waals surface area contributed by atoms with Crippen LogP contribution in [0.1, 0.15) is 25.7 Å². The average molecular weight is 253 g/mol.